The number of alkyl carbamates (subject to hydrolysis) is 1. The van der Waals surface area contributed by atoms with Crippen molar-refractivity contribution in [3.63, 3.8) is 0 Å². The van der Waals surface area contributed by atoms with E-state index < -0.39 is 30.0 Å². The summed E-state index contributed by atoms with van der Waals surface area (Å²) in [5, 5.41) is 15.3. The Morgan fingerprint density at radius 2 is 2.09 bits per heavy atom. The summed E-state index contributed by atoms with van der Waals surface area (Å²) in [6, 6.07) is 7.46. The number of likely N-dealkylation sites (N-methyl/N-ethyl adjacent to an activating group) is 1. The second-order valence-electron chi connectivity index (χ2n) is 7.12. The van der Waals surface area contributed by atoms with Gasteiger partial charge in [-0.2, -0.15) is 5.10 Å². The summed E-state index contributed by atoms with van der Waals surface area (Å²) in [6.07, 6.45) is -1.78. The lowest BCUT2D eigenvalue weighted by Gasteiger charge is -2.35. The fourth-order valence-corrected chi connectivity index (χ4v) is 3.38. The molecule has 3 aromatic rings. The lowest BCUT2D eigenvalue weighted by atomic mass is 10.1. The van der Waals surface area contributed by atoms with Crippen molar-refractivity contribution in [1.29, 1.82) is 5.41 Å². The van der Waals surface area contributed by atoms with Gasteiger partial charge < -0.3 is 20.7 Å². The molecule has 0 radical (unpaired) electrons. The van der Waals surface area contributed by atoms with Crippen LogP contribution >= 0.6 is 0 Å². The van der Waals surface area contributed by atoms with E-state index in [-0.39, 0.29) is 23.9 Å². The van der Waals surface area contributed by atoms with E-state index in [1.54, 1.807) is 25.2 Å². The van der Waals surface area contributed by atoms with Crippen LogP contribution in [-0.2, 0) is 11.3 Å². The van der Waals surface area contributed by atoms with Gasteiger partial charge in [-0.15, -0.1) is 0 Å². The van der Waals surface area contributed by atoms with E-state index in [1.807, 2.05) is 0 Å². The highest BCUT2D eigenvalue weighted by molar-refractivity contribution is 6.13. The molecule has 12 heteroatoms. The Hall–Kier alpha value is -3.93. The zero-order chi connectivity index (χ0) is 23.0. The summed E-state index contributed by atoms with van der Waals surface area (Å²) in [5.41, 5.74) is 7.09. The Morgan fingerprint density at radius 3 is 2.81 bits per heavy atom. The molecule has 3 heterocycles. The van der Waals surface area contributed by atoms with Crippen LogP contribution in [0, 0.1) is 17.0 Å². The molecule has 1 aliphatic heterocycles. The van der Waals surface area contributed by atoms with Crippen LogP contribution in [0.2, 0.25) is 0 Å². The molecule has 10 nitrogen and oxygen atoms in total. The summed E-state index contributed by atoms with van der Waals surface area (Å²) in [6.45, 7) is 0.0463. The zero-order valence-corrected chi connectivity index (χ0v) is 17.2. The molecule has 166 valence electrons. The van der Waals surface area contributed by atoms with E-state index in [0.717, 1.165) is 6.20 Å². The van der Waals surface area contributed by atoms with Gasteiger partial charge in [0.1, 0.15) is 23.5 Å². The maximum atomic E-state index is 14.2. The second kappa shape index (κ2) is 8.30. The van der Waals surface area contributed by atoms with Crippen LogP contribution in [0.15, 0.2) is 41.5 Å². The molecule has 0 bridgehead atoms. The SMILES string of the molecule is CNC(=O)OC1C(=N)N=C(c2nn(Cc3ccccc3F)c3ncc(F)cc23)N(C)C1N. The van der Waals surface area contributed by atoms with Gasteiger partial charge in [0.05, 0.1) is 18.1 Å². The molecule has 2 unspecified atom stereocenters. The second-order valence-corrected chi connectivity index (χ2v) is 7.12. The first-order chi connectivity index (χ1) is 15.3. The van der Waals surface area contributed by atoms with E-state index in [9.17, 15) is 13.6 Å². The largest absolute Gasteiger partial charge is 0.434 e. The maximum absolute atomic E-state index is 14.2. The first-order valence-corrected chi connectivity index (χ1v) is 9.60. The maximum Gasteiger partial charge on any atom is 0.407 e. The Balaban J connectivity index is 1.80. The standard InChI is InChI=1S/C20H20F2N8O2/c1-25-20(31)32-15-16(23)27-19(29(2)17(15)24)14-12-7-11(21)8-26-18(12)30(28-14)9-10-5-3-4-6-13(10)22/h3-8,15,17,23H,9,24H2,1-2H3,(H,25,31). The Morgan fingerprint density at radius 1 is 1.34 bits per heavy atom. The van der Waals surface area contributed by atoms with Gasteiger partial charge in [0.15, 0.2) is 23.4 Å². The van der Waals surface area contributed by atoms with E-state index in [4.69, 9.17) is 15.9 Å². The number of aliphatic imine (C=N–C) groups is 1. The van der Waals surface area contributed by atoms with E-state index >= 15 is 0 Å². The predicted molar refractivity (Wildman–Crippen MR) is 112 cm³/mol. The fraction of sp³-hybridized carbons (Fsp3) is 0.250. The third kappa shape index (κ3) is 3.75. The van der Waals surface area contributed by atoms with Gasteiger partial charge in [-0.25, -0.2) is 28.2 Å². The van der Waals surface area contributed by atoms with Crippen LogP contribution in [-0.4, -0.2) is 63.8 Å². The number of benzene rings is 1. The van der Waals surface area contributed by atoms with Crippen molar-refractivity contribution in [1.82, 2.24) is 25.0 Å². The minimum absolute atomic E-state index is 0.0463. The molecule has 1 aliphatic rings. The van der Waals surface area contributed by atoms with Crippen molar-refractivity contribution in [2.24, 2.45) is 10.7 Å². The first kappa shape index (κ1) is 21.3. The van der Waals surface area contributed by atoms with E-state index in [1.165, 1.54) is 28.8 Å². The van der Waals surface area contributed by atoms with Crippen molar-refractivity contribution in [3.05, 3.63) is 59.4 Å². The molecule has 0 aliphatic carbocycles. The highest BCUT2D eigenvalue weighted by Crippen LogP contribution is 2.24. The molecule has 0 saturated heterocycles. The van der Waals surface area contributed by atoms with Gasteiger partial charge >= 0.3 is 6.09 Å². The Kier molecular flexibility index (Phi) is 5.53. The molecule has 2 aromatic heterocycles. The minimum atomic E-state index is -1.12. The average Bonchev–Trinajstić information content (AvgIpc) is 3.12. The normalized spacial score (nSPS) is 18.6. The quantitative estimate of drug-likeness (QED) is 0.560. The van der Waals surface area contributed by atoms with Crippen molar-refractivity contribution in [2.45, 2.75) is 18.8 Å². The van der Waals surface area contributed by atoms with Crippen LogP contribution in [0.5, 0.6) is 0 Å². The van der Waals surface area contributed by atoms with Crippen molar-refractivity contribution >= 4 is 28.8 Å². The number of nitrogens with one attached hydrogen (secondary N) is 2. The number of nitrogens with two attached hydrogens (primary N) is 1. The van der Waals surface area contributed by atoms with Gasteiger partial charge in [0.25, 0.3) is 0 Å². The number of carbonyl (C=O) groups is 1. The monoisotopic (exact) mass is 442 g/mol. The molecule has 2 atom stereocenters. The number of halogens is 2. The number of hydrogen-bond acceptors (Lipinski definition) is 7. The number of nitrogens with zero attached hydrogens (tertiary/aromatic N) is 5. The lowest BCUT2D eigenvalue weighted by Crippen LogP contribution is -2.58. The van der Waals surface area contributed by atoms with E-state index in [2.05, 4.69) is 20.4 Å². The number of ether oxygens (including phenoxy) is 1. The fourth-order valence-electron chi connectivity index (χ4n) is 3.38. The van der Waals surface area contributed by atoms with Crippen molar-refractivity contribution in [3.8, 4) is 0 Å². The first-order valence-electron chi connectivity index (χ1n) is 9.60. The molecule has 4 rings (SSSR count). The predicted octanol–water partition coefficient (Wildman–Crippen LogP) is 1.44. The molecule has 0 saturated carbocycles. The van der Waals surface area contributed by atoms with E-state index in [0.29, 0.717) is 16.6 Å². The molecular formula is C20H20F2N8O2. The minimum Gasteiger partial charge on any atom is -0.434 e. The molecule has 1 aromatic carbocycles. The van der Waals surface area contributed by atoms with Gasteiger partial charge in [-0.05, 0) is 12.1 Å². The number of aromatic nitrogens is 3. The van der Waals surface area contributed by atoms with Gasteiger partial charge in [0.2, 0.25) is 0 Å². The third-order valence-corrected chi connectivity index (χ3v) is 5.07. The van der Waals surface area contributed by atoms with Gasteiger partial charge in [-0.3, -0.25) is 5.41 Å². The zero-order valence-electron chi connectivity index (χ0n) is 17.2. The van der Waals surface area contributed by atoms with Crippen LogP contribution < -0.4 is 11.1 Å². The molecule has 32 heavy (non-hydrogen) atoms. The van der Waals surface area contributed by atoms with Gasteiger partial charge in [0, 0.05) is 19.7 Å². The van der Waals surface area contributed by atoms with Crippen LogP contribution in [0.4, 0.5) is 13.6 Å². The summed E-state index contributed by atoms with van der Waals surface area (Å²) >= 11 is 0. The topological polar surface area (TPSA) is 135 Å². The number of amidine groups is 2. The Labute approximate surface area is 181 Å². The highest BCUT2D eigenvalue weighted by atomic mass is 19.1. The Bertz CT molecular complexity index is 1240. The molecule has 0 spiro atoms. The summed E-state index contributed by atoms with van der Waals surface area (Å²) in [7, 11) is 2.97. The third-order valence-electron chi connectivity index (χ3n) is 5.07. The highest BCUT2D eigenvalue weighted by Gasteiger charge is 2.37. The average molecular weight is 442 g/mol. The molecule has 1 amide bonds. The van der Waals surface area contributed by atoms with Crippen LogP contribution in [0.25, 0.3) is 11.0 Å². The van der Waals surface area contributed by atoms with Gasteiger partial charge in [-0.1, -0.05) is 18.2 Å². The summed E-state index contributed by atoms with van der Waals surface area (Å²) in [4.78, 5) is 21.4. The van der Waals surface area contributed by atoms with Crippen molar-refractivity contribution < 1.29 is 18.3 Å². The summed E-state index contributed by atoms with van der Waals surface area (Å²) < 4.78 is 34.8. The summed E-state index contributed by atoms with van der Waals surface area (Å²) in [5.74, 6) is -1.13. The molecular weight excluding hydrogens is 422 g/mol. The number of fused-ring (bicyclic) bond motifs is 1. The van der Waals surface area contributed by atoms with Crippen LogP contribution in [0.3, 0.4) is 0 Å². The lowest BCUT2D eigenvalue weighted by molar-refractivity contribution is 0.0905. The van der Waals surface area contributed by atoms with Crippen molar-refractivity contribution in [2.75, 3.05) is 14.1 Å². The molecule has 0 fully saturated rings. The van der Waals surface area contributed by atoms with Crippen LogP contribution in [0.1, 0.15) is 11.3 Å². The number of pyridine rings is 1. The number of amides is 1. The molecule has 4 N–H and O–H groups in total. The number of hydrogen-bond donors (Lipinski definition) is 3. The number of carbonyl (C=O) groups excluding carboxylic acids is 1. The smallest absolute Gasteiger partial charge is 0.407 e. The number of rotatable bonds is 4.